The molecule has 0 aliphatic heterocycles. The Morgan fingerprint density at radius 3 is 2.29 bits per heavy atom. The van der Waals surface area contributed by atoms with Gasteiger partial charge in [0.25, 0.3) is 0 Å². The molecule has 0 unspecified atom stereocenters. The molecule has 3 heteroatoms. The minimum absolute atomic E-state index is 0.368. The summed E-state index contributed by atoms with van der Waals surface area (Å²) in [4.78, 5) is 0. The summed E-state index contributed by atoms with van der Waals surface area (Å²) in [6.07, 6.45) is 0.975. The maximum atomic E-state index is 5.70. The van der Waals surface area contributed by atoms with Crippen molar-refractivity contribution in [3.8, 4) is 11.5 Å². The van der Waals surface area contributed by atoms with Gasteiger partial charge in [-0.05, 0) is 49.7 Å². The monoisotopic (exact) mass is 285 g/mol. The number of hydrogen-bond donors (Lipinski definition) is 1. The fourth-order valence-corrected chi connectivity index (χ4v) is 2.11. The van der Waals surface area contributed by atoms with Crippen LogP contribution in [0.3, 0.4) is 0 Å². The predicted molar refractivity (Wildman–Crippen MR) is 86.0 cm³/mol. The number of benzene rings is 2. The van der Waals surface area contributed by atoms with Gasteiger partial charge in [-0.15, -0.1) is 0 Å². The largest absolute Gasteiger partial charge is 0.497 e. The van der Waals surface area contributed by atoms with Crippen molar-refractivity contribution in [3.05, 3.63) is 60.2 Å². The highest BCUT2D eigenvalue weighted by Crippen LogP contribution is 2.17. The smallest absolute Gasteiger partial charge is 0.119 e. The van der Waals surface area contributed by atoms with Gasteiger partial charge >= 0.3 is 0 Å². The van der Waals surface area contributed by atoms with Crippen LogP contribution in [0.25, 0.3) is 0 Å². The minimum Gasteiger partial charge on any atom is -0.497 e. The van der Waals surface area contributed by atoms with Crippen LogP contribution in [0.4, 0.5) is 0 Å². The van der Waals surface area contributed by atoms with Gasteiger partial charge < -0.3 is 14.8 Å². The molecular weight excluding hydrogens is 262 g/mol. The van der Waals surface area contributed by atoms with E-state index in [0.29, 0.717) is 12.6 Å². The standard InChI is InChI=1S/C18H23NO2/c1-15(16-7-4-3-5-8-16)19-13-6-14-21-18-11-9-17(20-2)10-12-18/h3-5,7-12,15,19H,6,13-14H2,1-2H3/t15-/m0/s1. The summed E-state index contributed by atoms with van der Waals surface area (Å²) < 4.78 is 10.8. The van der Waals surface area contributed by atoms with Crippen LogP contribution in [0.2, 0.25) is 0 Å². The fourth-order valence-electron chi connectivity index (χ4n) is 2.11. The minimum atomic E-state index is 0.368. The maximum absolute atomic E-state index is 5.70. The maximum Gasteiger partial charge on any atom is 0.119 e. The summed E-state index contributed by atoms with van der Waals surface area (Å²) >= 11 is 0. The van der Waals surface area contributed by atoms with E-state index < -0.39 is 0 Å². The molecule has 0 spiro atoms. The molecular formula is C18H23NO2. The van der Waals surface area contributed by atoms with Crippen molar-refractivity contribution in [2.24, 2.45) is 0 Å². The SMILES string of the molecule is COc1ccc(OCCCN[C@@H](C)c2ccccc2)cc1. The molecule has 0 amide bonds. The third-order valence-corrected chi connectivity index (χ3v) is 3.40. The molecule has 0 aliphatic rings. The van der Waals surface area contributed by atoms with E-state index in [1.807, 2.05) is 30.3 Å². The van der Waals surface area contributed by atoms with Crippen molar-refractivity contribution in [3.63, 3.8) is 0 Å². The Balaban J connectivity index is 1.63. The van der Waals surface area contributed by atoms with Crippen LogP contribution in [0.15, 0.2) is 54.6 Å². The quantitative estimate of drug-likeness (QED) is 0.748. The van der Waals surface area contributed by atoms with Gasteiger partial charge in [0.05, 0.1) is 13.7 Å². The Hall–Kier alpha value is -2.00. The van der Waals surface area contributed by atoms with Crippen LogP contribution in [0, 0.1) is 0 Å². The first-order valence-electron chi connectivity index (χ1n) is 7.35. The molecule has 0 aliphatic carbocycles. The fraction of sp³-hybridized carbons (Fsp3) is 0.333. The second kappa shape index (κ2) is 8.32. The van der Waals surface area contributed by atoms with E-state index in [1.54, 1.807) is 7.11 Å². The highest BCUT2D eigenvalue weighted by Gasteiger charge is 2.02. The highest BCUT2D eigenvalue weighted by molar-refractivity contribution is 5.31. The summed E-state index contributed by atoms with van der Waals surface area (Å²) in [5.74, 6) is 1.73. The zero-order valence-corrected chi connectivity index (χ0v) is 12.7. The second-order valence-electron chi connectivity index (χ2n) is 4.96. The molecule has 1 N–H and O–H groups in total. The lowest BCUT2D eigenvalue weighted by atomic mass is 10.1. The van der Waals surface area contributed by atoms with E-state index >= 15 is 0 Å². The first kappa shape index (κ1) is 15.4. The van der Waals surface area contributed by atoms with Gasteiger partial charge in [-0.1, -0.05) is 30.3 Å². The van der Waals surface area contributed by atoms with Crippen molar-refractivity contribution in [2.75, 3.05) is 20.3 Å². The Labute approximate surface area is 126 Å². The molecule has 112 valence electrons. The van der Waals surface area contributed by atoms with Crippen molar-refractivity contribution in [1.29, 1.82) is 0 Å². The van der Waals surface area contributed by atoms with Gasteiger partial charge in [-0.2, -0.15) is 0 Å². The van der Waals surface area contributed by atoms with Crippen LogP contribution in [-0.2, 0) is 0 Å². The third-order valence-electron chi connectivity index (χ3n) is 3.40. The van der Waals surface area contributed by atoms with Crippen molar-refractivity contribution in [1.82, 2.24) is 5.32 Å². The molecule has 0 fully saturated rings. The van der Waals surface area contributed by atoms with Crippen LogP contribution in [0.5, 0.6) is 11.5 Å². The number of nitrogens with one attached hydrogen (secondary N) is 1. The second-order valence-corrected chi connectivity index (χ2v) is 4.96. The number of methoxy groups -OCH3 is 1. The van der Waals surface area contributed by atoms with Crippen LogP contribution >= 0.6 is 0 Å². The summed E-state index contributed by atoms with van der Waals surface area (Å²) in [5, 5.41) is 3.50. The van der Waals surface area contributed by atoms with E-state index in [4.69, 9.17) is 9.47 Å². The van der Waals surface area contributed by atoms with E-state index in [9.17, 15) is 0 Å². The van der Waals surface area contributed by atoms with Gasteiger partial charge in [0.2, 0.25) is 0 Å². The molecule has 2 rings (SSSR count). The van der Waals surface area contributed by atoms with Crippen molar-refractivity contribution in [2.45, 2.75) is 19.4 Å². The molecule has 2 aromatic carbocycles. The average Bonchev–Trinajstić information content (AvgIpc) is 2.55. The number of rotatable bonds is 8. The van der Waals surface area contributed by atoms with E-state index in [-0.39, 0.29) is 0 Å². The topological polar surface area (TPSA) is 30.5 Å². The molecule has 0 radical (unpaired) electrons. The molecule has 0 bridgehead atoms. The van der Waals surface area contributed by atoms with E-state index in [2.05, 4.69) is 36.5 Å². The molecule has 21 heavy (non-hydrogen) atoms. The van der Waals surface area contributed by atoms with Crippen LogP contribution in [-0.4, -0.2) is 20.3 Å². The van der Waals surface area contributed by atoms with Gasteiger partial charge in [0.1, 0.15) is 11.5 Å². The lowest BCUT2D eigenvalue weighted by Crippen LogP contribution is -2.21. The average molecular weight is 285 g/mol. The number of hydrogen-bond acceptors (Lipinski definition) is 3. The Kier molecular flexibility index (Phi) is 6.10. The van der Waals surface area contributed by atoms with Crippen LogP contribution < -0.4 is 14.8 Å². The highest BCUT2D eigenvalue weighted by atomic mass is 16.5. The van der Waals surface area contributed by atoms with E-state index in [0.717, 1.165) is 24.5 Å². The lowest BCUT2D eigenvalue weighted by Gasteiger charge is -2.14. The zero-order valence-electron chi connectivity index (χ0n) is 12.7. The Morgan fingerprint density at radius 1 is 0.952 bits per heavy atom. The number of ether oxygens (including phenoxy) is 2. The first-order chi connectivity index (χ1) is 10.3. The summed E-state index contributed by atoms with van der Waals surface area (Å²) in [5.41, 5.74) is 1.31. The molecule has 3 nitrogen and oxygen atoms in total. The summed E-state index contributed by atoms with van der Waals surface area (Å²) in [7, 11) is 1.66. The lowest BCUT2D eigenvalue weighted by molar-refractivity contribution is 0.305. The molecule has 2 aromatic rings. The molecule has 0 saturated carbocycles. The van der Waals surface area contributed by atoms with Crippen LogP contribution in [0.1, 0.15) is 24.9 Å². The van der Waals surface area contributed by atoms with Gasteiger partial charge in [-0.3, -0.25) is 0 Å². The molecule has 0 aromatic heterocycles. The van der Waals surface area contributed by atoms with Gasteiger partial charge in [0, 0.05) is 6.04 Å². The normalized spacial score (nSPS) is 11.9. The molecule has 1 atom stereocenters. The Bertz CT molecular complexity index is 511. The van der Waals surface area contributed by atoms with Gasteiger partial charge in [0.15, 0.2) is 0 Å². The summed E-state index contributed by atoms with van der Waals surface area (Å²) in [6, 6.07) is 18.5. The molecule has 0 saturated heterocycles. The van der Waals surface area contributed by atoms with Crippen molar-refractivity contribution >= 4 is 0 Å². The van der Waals surface area contributed by atoms with Gasteiger partial charge in [-0.25, -0.2) is 0 Å². The first-order valence-corrected chi connectivity index (χ1v) is 7.35. The predicted octanol–water partition coefficient (Wildman–Crippen LogP) is 3.81. The molecule has 0 heterocycles. The van der Waals surface area contributed by atoms with Crippen molar-refractivity contribution < 1.29 is 9.47 Å². The summed E-state index contributed by atoms with van der Waals surface area (Å²) in [6.45, 7) is 3.83. The zero-order chi connectivity index (χ0) is 14.9. The van der Waals surface area contributed by atoms with E-state index in [1.165, 1.54) is 5.56 Å². The Morgan fingerprint density at radius 2 is 1.62 bits per heavy atom. The third kappa shape index (κ3) is 5.12.